The van der Waals surface area contributed by atoms with Gasteiger partial charge in [0.05, 0.1) is 5.56 Å². The van der Waals surface area contributed by atoms with Crippen LogP contribution in [0.25, 0.3) is 0 Å². The summed E-state index contributed by atoms with van der Waals surface area (Å²) in [5.41, 5.74) is 1.84. The highest BCUT2D eigenvalue weighted by Gasteiger charge is 2.62. The molecule has 1 saturated heterocycles. The monoisotopic (exact) mass is 273 g/mol. The fraction of sp³-hybridized carbons (Fsp3) is 0.500. The third-order valence-electron chi connectivity index (χ3n) is 4.98. The van der Waals surface area contributed by atoms with Gasteiger partial charge < -0.3 is 10.0 Å². The Kier molecular flexibility index (Phi) is 2.68. The number of hydrogen-bond acceptors (Lipinski definition) is 2. The number of carboxylic acid groups (broad SMARTS) is 1. The number of aromatic carboxylic acids is 1. The van der Waals surface area contributed by atoms with Crippen LogP contribution in [0.3, 0.4) is 0 Å². The van der Waals surface area contributed by atoms with E-state index < -0.39 is 5.97 Å². The smallest absolute Gasteiger partial charge is 0.335 e. The molecule has 106 valence electrons. The number of aryl methyl sites for hydroxylation is 1. The Morgan fingerprint density at radius 1 is 1.15 bits per heavy atom. The number of benzene rings is 1. The van der Waals surface area contributed by atoms with Gasteiger partial charge in [0.2, 0.25) is 0 Å². The molecular weight excluding hydrogens is 254 g/mol. The summed E-state index contributed by atoms with van der Waals surface area (Å²) in [4.78, 5) is 25.4. The average Bonchev–Trinajstić information content (AvgIpc) is 2.79. The van der Waals surface area contributed by atoms with Crippen LogP contribution >= 0.6 is 0 Å². The lowest BCUT2D eigenvalue weighted by atomic mass is 10.0. The third kappa shape index (κ3) is 1.90. The number of likely N-dealkylation sites (tertiary alicyclic amines) is 1. The van der Waals surface area contributed by atoms with Gasteiger partial charge in [-0.3, -0.25) is 4.79 Å². The fourth-order valence-electron chi connectivity index (χ4n) is 3.51. The van der Waals surface area contributed by atoms with Crippen molar-refractivity contribution in [3.63, 3.8) is 0 Å². The summed E-state index contributed by atoms with van der Waals surface area (Å²) in [6, 6.07) is 4.83. The Morgan fingerprint density at radius 3 is 2.25 bits per heavy atom. The summed E-state index contributed by atoms with van der Waals surface area (Å²) >= 11 is 0. The molecule has 2 atom stereocenters. The van der Waals surface area contributed by atoms with Gasteiger partial charge in [-0.1, -0.05) is 13.8 Å². The maximum atomic E-state index is 12.5. The second-order valence-corrected chi connectivity index (χ2v) is 6.64. The van der Waals surface area contributed by atoms with Gasteiger partial charge in [0.25, 0.3) is 5.91 Å². The number of carboxylic acids is 1. The molecule has 4 heteroatoms. The van der Waals surface area contributed by atoms with Crippen LogP contribution in [0.2, 0.25) is 0 Å². The van der Waals surface area contributed by atoms with Crippen molar-refractivity contribution >= 4 is 11.9 Å². The van der Waals surface area contributed by atoms with Crippen LogP contribution in [0, 0.1) is 24.2 Å². The van der Waals surface area contributed by atoms with E-state index in [1.165, 1.54) is 6.07 Å². The normalized spacial score (nSPS) is 26.2. The summed E-state index contributed by atoms with van der Waals surface area (Å²) in [6.45, 7) is 7.91. The van der Waals surface area contributed by atoms with E-state index in [-0.39, 0.29) is 11.5 Å². The molecule has 1 heterocycles. The highest BCUT2D eigenvalue weighted by Crippen LogP contribution is 2.62. The Morgan fingerprint density at radius 2 is 1.70 bits per heavy atom. The molecule has 0 radical (unpaired) electrons. The number of fused-ring (bicyclic) bond motifs is 1. The van der Waals surface area contributed by atoms with Crippen molar-refractivity contribution in [3.8, 4) is 0 Å². The lowest BCUT2D eigenvalue weighted by molar-refractivity contribution is 0.0696. The van der Waals surface area contributed by atoms with Crippen LogP contribution in [0.4, 0.5) is 0 Å². The molecule has 1 aromatic carbocycles. The molecule has 1 aliphatic heterocycles. The zero-order valence-electron chi connectivity index (χ0n) is 12.0. The van der Waals surface area contributed by atoms with Crippen molar-refractivity contribution in [3.05, 3.63) is 34.9 Å². The molecule has 20 heavy (non-hydrogen) atoms. The molecule has 1 amide bonds. The zero-order valence-corrected chi connectivity index (χ0v) is 12.0. The second kappa shape index (κ2) is 4.08. The Hall–Kier alpha value is -1.84. The Bertz CT molecular complexity index is 592. The van der Waals surface area contributed by atoms with E-state index in [0.29, 0.717) is 22.8 Å². The van der Waals surface area contributed by atoms with Gasteiger partial charge in [-0.25, -0.2) is 4.79 Å². The maximum Gasteiger partial charge on any atom is 0.335 e. The lowest BCUT2D eigenvalue weighted by Crippen LogP contribution is -2.33. The number of amides is 1. The highest BCUT2D eigenvalue weighted by atomic mass is 16.4. The van der Waals surface area contributed by atoms with E-state index in [1.807, 2.05) is 11.8 Å². The van der Waals surface area contributed by atoms with Crippen molar-refractivity contribution in [2.45, 2.75) is 20.8 Å². The van der Waals surface area contributed by atoms with E-state index in [2.05, 4.69) is 13.8 Å². The van der Waals surface area contributed by atoms with E-state index in [9.17, 15) is 9.59 Å². The van der Waals surface area contributed by atoms with E-state index in [1.54, 1.807) is 12.1 Å². The molecule has 0 aromatic heterocycles. The molecule has 1 aliphatic carbocycles. The SMILES string of the molecule is Cc1cc(C(=O)O)cc(C(=O)N2CC3C(C2)C3(C)C)c1. The van der Waals surface area contributed by atoms with Crippen LogP contribution in [-0.4, -0.2) is 35.0 Å². The summed E-state index contributed by atoms with van der Waals surface area (Å²) < 4.78 is 0. The number of carbonyl (C=O) groups is 2. The number of nitrogens with zero attached hydrogens (tertiary/aromatic N) is 1. The summed E-state index contributed by atoms with van der Waals surface area (Å²) in [7, 11) is 0. The lowest BCUT2D eigenvalue weighted by Gasteiger charge is -2.22. The Balaban J connectivity index is 1.80. The first-order valence-corrected chi connectivity index (χ1v) is 6.95. The molecule has 0 spiro atoms. The van der Waals surface area contributed by atoms with Crippen molar-refractivity contribution in [1.29, 1.82) is 0 Å². The minimum atomic E-state index is -0.992. The number of carbonyl (C=O) groups excluding carboxylic acids is 1. The third-order valence-corrected chi connectivity index (χ3v) is 4.98. The van der Waals surface area contributed by atoms with E-state index in [0.717, 1.165) is 18.7 Å². The standard InChI is InChI=1S/C16H19NO3/c1-9-4-10(6-11(5-9)15(19)20)14(18)17-7-12-13(8-17)16(12,2)3/h4-6,12-13H,7-8H2,1-3H3,(H,19,20). The predicted octanol–water partition coefficient (Wildman–Crippen LogP) is 2.42. The number of piperidine rings is 1. The van der Waals surface area contributed by atoms with E-state index >= 15 is 0 Å². The topological polar surface area (TPSA) is 57.6 Å². The van der Waals surface area contributed by atoms with Gasteiger partial charge in [0.15, 0.2) is 0 Å². The van der Waals surface area contributed by atoms with Gasteiger partial charge in [0.1, 0.15) is 0 Å². The molecule has 1 saturated carbocycles. The molecule has 3 rings (SSSR count). The second-order valence-electron chi connectivity index (χ2n) is 6.64. The summed E-state index contributed by atoms with van der Waals surface area (Å²) in [5, 5.41) is 9.07. The van der Waals surface area contributed by atoms with Crippen LogP contribution in [0.1, 0.15) is 40.1 Å². The molecular formula is C16H19NO3. The summed E-state index contributed by atoms with van der Waals surface area (Å²) in [6.07, 6.45) is 0. The average molecular weight is 273 g/mol. The Labute approximate surface area is 118 Å². The van der Waals surface area contributed by atoms with Crippen molar-refractivity contribution in [2.75, 3.05) is 13.1 Å². The maximum absolute atomic E-state index is 12.5. The van der Waals surface area contributed by atoms with Crippen molar-refractivity contribution in [2.24, 2.45) is 17.3 Å². The minimum absolute atomic E-state index is 0.0424. The quantitative estimate of drug-likeness (QED) is 0.900. The first-order valence-electron chi connectivity index (χ1n) is 6.95. The molecule has 0 bridgehead atoms. The minimum Gasteiger partial charge on any atom is -0.478 e. The summed E-state index contributed by atoms with van der Waals surface area (Å²) in [5.74, 6) is 0.178. The van der Waals surface area contributed by atoms with Gasteiger partial charge in [-0.15, -0.1) is 0 Å². The van der Waals surface area contributed by atoms with Gasteiger partial charge in [-0.2, -0.15) is 0 Å². The first kappa shape index (κ1) is 13.2. The van der Waals surface area contributed by atoms with Gasteiger partial charge in [-0.05, 0) is 47.9 Å². The van der Waals surface area contributed by atoms with Crippen molar-refractivity contribution < 1.29 is 14.7 Å². The molecule has 2 fully saturated rings. The van der Waals surface area contributed by atoms with Crippen LogP contribution < -0.4 is 0 Å². The molecule has 2 aliphatic rings. The van der Waals surface area contributed by atoms with Crippen LogP contribution in [0.5, 0.6) is 0 Å². The van der Waals surface area contributed by atoms with E-state index in [4.69, 9.17) is 5.11 Å². The first-order chi connectivity index (χ1) is 9.30. The molecule has 4 nitrogen and oxygen atoms in total. The molecule has 1 aromatic rings. The highest BCUT2D eigenvalue weighted by molar-refractivity contribution is 5.98. The van der Waals surface area contributed by atoms with Crippen molar-refractivity contribution in [1.82, 2.24) is 4.90 Å². The largest absolute Gasteiger partial charge is 0.478 e. The molecule has 1 N–H and O–H groups in total. The van der Waals surface area contributed by atoms with Crippen LogP contribution in [0.15, 0.2) is 18.2 Å². The molecule has 2 unspecified atom stereocenters. The van der Waals surface area contributed by atoms with Gasteiger partial charge >= 0.3 is 5.97 Å². The number of rotatable bonds is 2. The number of hydrogen-bond donors (Lipinski definition) is 1. The van der Waals surface area contributed by atoms with Gasteiger partial charge in [0, 0.05) is 18.7 Å². The predicted molar refractivity (Wildman–Crippen MR) is 74.8 cm³/mol. The van der Waals surface area contributed by atoms with Crippen LogP contribution in [-0.2, 0) is 0 Å². The fourth-order valence-corrected chi connectivity index (χ4v) is 3.51. The zero-order chi connectivity index (χ0) is 14.7.